The molecule has 2 heterocycles. The van der Waals surface area contributed by atoms with Crippen molar-refractivity contribution < 1.29 is 9.59 Å². The predicted octanol–water partition coefficient (Wildman–Crippen LogP) is 4.83. The number of likely N-dealkylation sites (N-methyl/N-ethyl adjacent to an activating group) is 1. The van der Waals surface area contributed by atoms with Crippen LogP contribution in [0.3, 0.4) is 0 Å². The summed E-state index contributed by atoms with van der Waals surface area (Å²) in [7, 11) is 2.11. The molecule has 1 aromatic carbocycles. The molecule has 2 aromatic rings. The molecule has 1 aromatic heterocycles. The minimum absolute atomic E-state index is 0.122. The second-order valence-corrected chi connectivity index (χ2v) is 9.95. The molecule has 1 aliphatic carbocycles. The summed E-state index contributed by atoms with van der Waals surface area (Å²) in [6.45, 7) is 10.4. The summed E-state index contributed by atoms with van der Waals surface area (Å²) in [5.74, 6) is 0.488. The van der Waals surface area contributed by atoms with E-state index in [1.54, 1.807) is 0 Å². The molecule has 0 unspecified atom stereocenters. The van der Waals surface area contributed by atoms with Gasteiger partial charge in [-0.2, -0.15) is 0 Å². The molecule has 0 saturated heterocycles. The molecule has 31 heavy (non-hydrogen) atoms. The number of carbonyl (C=O) groups is 2. The Morgan fingerprint density at radius 3 is 2.58 bits per heavy atom. The minimum Gasteiger partial charge on any atom is -0.343 e. The van der Waals surface area contributed by atoms with Gasteiger partial charge in [-0.3, -0.25) is 19.1 Å². The van der Waals surface area contributed by atoms with Crippen LogP contribution in [0.15, 0.2) is 28.9 Å². The average Bonchev–Trinajstić information content (AvgIpc) is 3.01. The number of aromatic nitrogens is 1. The summed E-state index contributed by atoms with van der Waals surface area (Å²) < 4.78 is 2.74. The van der Waals surface area contributed by atoms with Crippen molar-refractivity contribution in [3.8, 4) is 0 Å². The fraction of sp³-hybridized carbons (Fsp3) is 0.520. The maximum atomic E-state index is 13.1. The number of fused-ring (bicyclic) bond motifs is 2. The highest BCUT2D eigenvalue weighted by molar-refractivity contribution is 9.10. The van der Waals surface area contributed by atoms with Crippen LogP contribution in [0.25, 0.3) is 16.5 Å². The highest BCUT2D eigenvalue weighted by Gasteiger charge is 2.38. The largest absolute Gasteiger partial charge is 0.343 e. The molecule has 0 saturated carbocycles. The van der Waals surface area contributed by atoms with E-state index in [4.69, 9.17) is 0 Å². The maximum absolute atomic E-state index is 13.1. The van der Waals surface area contributed by atoms with Gasteiger partial charge in [-0.25, -0.2) is 0 Å². The number of nitrogens with zero attached hydrogens (tertiary/aromatic N) is 3. The van der Waals surface area contributed by atoms with Crippen LogP contribution in [-0.2, 0) is 11.2 Å². The van der Waals surface area contributed by atoms with Gasteiger partial charge in [0.1, 0.15) is 0 Å². The standard InChI is InChI=1S/C25H32BrN3O2/c1-6-28(7-2)25(31)16-12-18-17-9-8-10-20-23(17)19(13-21(18)27(5)14-16)24(26)29(20)22(30)11-15(3)4/h8-10,12,15-16,21H,6-7,11,13-14H2,1-5H3/t16-,21-/m1/s1. The van der Waals surface area contributed by atoms with Crippen LogP contribution >= 0.6 is 15.9 Å². The van der Waals surface area contributed by atoms with E-state index in [2.05, 4.69) is 53.9 Å². The maximum Gasteiger partial charge on any atom is 0.232 e. The van der Waals surface area contributed by atoms with Crippen LogP contribution in [0.1, 0.15) is 50.0 Å². The Labute approximate surface area is 193 Å². The number of hydrogen-bond acceptors (Lipinski definition) is 3. The van der Waals surface area contributed by atoms with Crippen LogP contribution in [-0.4, -0.2) is 58.9 Å². The summed E-state index contributed by atoms with van der Waals surface area (Å²) in [5, 5.41) is 1.15. The van der Waals surface area contributed by atoms with Crippen molar-refractivity contribution in [2.75, 3.05) is 26.7 Å². The quantitative estimate of drug-likeness (QED) is 0.609. The molecule has 1 amide bonds. The van der Waals surface area contributed by atoms with E-state index in [-0.39, 0.29) is 23.8 Å². The first-order valence-corrected chi connectivity index (χ1v) is 12.1. The zero-order valence-electron chi connectivity index (χ0n) is 19.1. The molecule has 1 aliphatic heterocycles. The van der Waals surface area contributed by atoms with Crippen molar-refractivity contribution in [2.45, 2.75) is 46.6 Å². The Hall–Kier alpha value is -1.92. The van der Waals surface area contributed by atoms with Crippen molar-refractivity contribution in [2.24, 2.45) is 11.8 Å². The smallest absolute Gasteiger partial charge is 0.232 e. The molecule has 5 nitrogen and oxygen atoms in total. The minimum atomic E-state index is -0.138. The summed E-state index contributed by atoms with van der Waals surface area (Å²) in [5.41, 5.74) is 4.54. The van der Waals surface area contributed by atoms with Gasteiger partial charge < -0.3 is 4.90 Å². The molecule has 6 heteroatoms. The Bertz CT molecular complexity index is 1060. The van der Waals surface area contributed by atoms with E-state index in [1.165, 1.54) is 11.1 Å². The van der Waals surface area contributed by atoms with Gasteiger partial charge in [0.15, 0.2) is 0 Å². The lowest BCUT2D eigenvalue weighted by atomic mass is 9.79. The summed E-state index contributed by atoms with van der Waals surface area (Å²) in [6.07, 6.45) is 3.55. The first-order valence-electron chi connectivity index (χ1n) is 11.3. The van der Waals surface area contributed by atoms with E-state index in [1.807, 2.05) is 35.4 Å². The van der Waals surface area contributed by atoms with Gasteiger partial charge in [0.05, 0.1) is 16.0 Å². The molecule has 0 fully saturated rings. The van der Waals surface area contributed by atoms with Crippen molar-refractivity contribution in [3.63, 3.8) is 0 Å². The topological polar surface area (TPSA) is 45.6 Å². The molecule has 0 radical (unpaired) electrons. The monoisotopic (exact) mass is 485 g/mol. The van der Waals surface area contributed by atoms with Crippen LogP contribution in [0.2, 0.25) is 0 Å². The first-order chi connectivity index (χ1) is 14.8. The SMILES string of the molecule is CCN(CC)C(=O)[C@@H]1C=C2c3cccc4c3c(c(Br)n4C(=O)CC(C)C)C[C@H]2N(C)C1. The lowest BCUT2D eigenvalue weighted by molar-refractivity contribution is -0.134. The van der Waals surface area contributed by atoms with Crippen LogP contribution < -0.4 is 0 Å². The first kappa shape index (κ1) is 22.3. The second-order valence-electron chi connectivity index (χ2n) is 9.19. The third-order valence-electron chi connectivity index (χ3n) is 6.72. The van der Waals surface area contributed by atoms with Crippen LogP contribution in [0.5, 0.6) is 0 Å². The third-order valence-corrected chi connectivity index (χ3v) is 7.55. The number of benzene rings is 1. The fourth-order valence-corrected chi connectivity index (χ4v) is 5.95. The Morgan fingerprint density at radius 2 is 1.94 bits per heavy atom. The molecular formula is C25H32BrN3O2. The van der Waals surface area contributed by atoms with Gasteiger partial charge in [-0.05, 0) is 71.9 Å². The highest BCUT2D eigenvalue weighted by Crippen LogP contribution is 2.45. The fourth-order valence-electron chi connectivity index (χ4n) is 5.20. The Kier molecular flexibility index (Phi) is 6.14. The summed E-state index contributed by atoms with van der Waals surface area (Å²) in [4.78, 5) is 30.4. The van der Waals surface area contributed by atoms with Gasteiger partial charge in [-0.1, -0.05) is 32.1 Å². The second kappa shape index (κ2) is 8.55. The van der Waals surface area contributed by atoms with Gasteiger partial charge in [0.2, 0.25) is 11.8 Å². The Balaban J connectivity index is 1.85. The molecule has 166 valence electrons. The van der Waals surface area contributed by atoms with Crippen molar-refractivity contribution >= 4 is 44.2 Å². The summed E-state index contributed by atoms with van der Waals surface area (Å²) in [6, 6.07) is 6.43. The lowest BCUT2D eigenvalue weighted by Crippen LogP contribution is -2.47. The molecule has 0 bridgehead atoms. The van der Waals surface area contributed by atoms with Crippen LogP contribution in [0.4, 0.5) is 0 Å². The molecule has 0 spiro atoms. The van der Waals surface area contributed by atoms with E-state index in [9.17, 15) is 9.59 Å². The van der Waals surface area contributed by atoms with Crippen molar-refractivity contribution in [3.05, 3.63) is 40.0 Å². The molecule has 4 rings (SSSR count). The molecule has 2 atom stereocenters. The number of hydrogen-bond donors (Lipinski definition) is 0. The van der Waals surface area contributed by atoms with Gasteiger partial charge in [-0.15, -0.1) is 0 Å². The summed E-state index contributed by atoms with van der Waals surface area (Å²) >= 11 is 3.77. The predicted molar refractivity (Wildman–Crippen MR) is 129 cm³/mol. The number of carbonyl (C=O) groups excluding carboxylic acids is 2. The normalized spacial score (nSPS) is 20.7. The average molecular weight is 486 g/mol. The molecule has 2 aliphatic rings. The van der Waals surface area contributed by atoms with Gasteiger partial charge in [0.25, 0.3) is 0 Å². The highest BCUT2D eigenvalue weighted by atomic mass is 79.9. The third kappa shape index (κ3) is 3.68. The zero-order valence-corrected chi connectivity index (χ0v) is 20.7. The number of amides is 1. The van der Waals surface area contributed by atoms with Crippen LogP contribution in [0, 0.1) is 11.8 Å². The van der Waals surface area contributed by atoms with Crippen molar-refractivity contribution in [1.82, 2.24) is 14.4 Å². The zero-order chi connectivity index (χ0) is 22.4. The van der Waals surface area contributed by atoms with Gasteiger partial charge in [0, 0.05) is 37.5 Å². The van der Waals surface area contributed by atoms with Gasteiger partial charge >= 0.3 is 0 Å². The van der Waals surface area contributed by atoms with E-state index < -0.39 is 0 Å². The molecule has 0 N–H and O–H groups in total. The van der Waals surface area contributed by atoms with E-state index >= 15 is 0 Å². The number of halogens is 1. The number of rotatable bonds is 5. The van der Waals surface area contributed by atoms with E-state index in [0.717, 1.165) is 47.1 Å². The Morgan fingerprint density at radius 1 is 1.23 bits per heavy atom. The molecular weight excluding hydrogens is 454 g/mol. The van der Waals surface area contributed by atoms with Crippen molar-refractivity contribution in [1.29, 1.82) is 0 Å². The lowest BCUT2D eigenvalue weighted by Gasteiger charge is -2.40. The van der Waals surface area contributed by atoms with E-state index in [0.29, 0.717) is 12.3 Å².